The van der Waals surface area contributed by atoms with Crippen LogP contribution in [0.25, 0.3) is 0 Å². The molecule has 0 spiro atoms. The van der Waals surface area contributed by atoms with Crippen molar-refractivity contribution in [3.8, 4) is 0 Å². The van der Waals surface area contributed by atoms with Crippen LogP contribution in [0.1, 0.15) is 53.4 Å². The number of carbonyl (C=O) groups is 2. The van der Waals surface area contributed by atoms with Gasteiger partial charge >= 0.3 is 5.97 Å². The number of hydrogen-bond acceptors (Lipinski definition) is 4. The fourth-order valence-electron chi connectivity index (χ4n) is 1.77. The summed E-state index contributed by atoms with van der Waals surface area (Å²) in [6, 6.07) is 0.214. The van der Waals surface area contributed by atoms with Crippen molar-refractivity contribution in [3.63, 3.8) is 0 Å². The Morgan fingerprint density at radius 1 is 1.15 bits per heavy atom. The maximum atomic E-state index is 11.6. The van der Waals surface area contributed by atoms with E-state index >= 15 is 0 Å². The maximum absolute atomic E-state index is 11.6. The van der Waals surface area contributed by atoms with Crippen LogP contribution in [0.4, 0.5) is 0 Å². The van der Waals surface area contributed by atoms with Crippen LogP contribution in [0, 0.1) is 5.92 Å². The summed E-state index contributed by atoms with van der Waals surface area (Å²) >= 11 is 0. The van der Waals surface area contributed by atoms with Crippen LogP contribution in [0.3, 0.4) is 0 Å². The van der Waals surface area contributed by atoms with Gasteiger partial charge in [-0.05, 0) is 45.6 Å². The second-order valence-corrected chi connectivity index (χ2v) is 5.53. The Bertz CT molecular complexity index is 280. The molecule has 1 atom stereocenters. The highest BCUT2D eigenvalue weighted by Crippen LogP contribution is 2.05. The molecule has 118 valence electrons. The van der Waals surface area contributed by atoms with Gasteiger partial charge in [0.15, 0.2) is 0 Å². The molecule has 0 aromatic rings. The molecule has 1 unspecified atom stereocenters. The molecule has 0 rings (SSSR count). The largest absolute Gasteiger partial charge is 0.466 e. The standard InChI is InChI=1S/C15H30N2O3/c1-5-20-15(19)7-6-10-16-11-14(18)17-13(4)9-8-12(2)3/h12-13,16H,5-11H2,1-4H3,(H,17,18). The summed E-state index contributed by atoms with van der Waals surface area (Å²) in [5.41, 5.74) is 0. The van der Waals surface area contributed by atoms with E-state index in [4.69, 9.17) is 4.74 Å². The summed E-state index contributed by atoms with van der Waals surface area (Å²) in [5, 5.41) is 6.00. The molecule has 0 saturated carbocycles. The molecule has 0 radical (unpaired) electrons. The van der Waals surface area contributed by atoms with E-state index in [1.165, 1.54) is 0 Å². The highest BCUT2D eigenvalue weighted by atomic mass is 16.5. The van der Waals surface area contributed by atoms with Crippen molar-refractivity contribution in [2.75, 3.05) is 19.7 Å². The molecule has 2 N–H and O–H groups in total. The van der Waals surface area contributed by atoms with Gasteiger partial charge in [-0.1, -0.05) is 13.8 Å². The van der Waals surface area contributed by atoms with Gasteiger partial charge < -0.3 is 15.4 Å². The lowest BCUT2D eigenvalue weighted by atomic mass is 10.0. The lowest BCUT2D eigenvalue weighted by molar-refractivity contribution is -0.143. The number of ether oxygens (including phenoxy) is 1. The van der Waals surface area contributed by atoms with Crippen molar-refractivity contribution in [3.05, 3.63) is 0 Å². The number of esters is 1. The number of amides is 1. The normalized spacial score (nSPS) is 12.2. The van der Waals surface area contributed by atoms with Gasteiger partial charge in [-0.25, -0.2) is 0 Å². The van der Waals surface area contributed by atoms with Crippen molar-refractivity contribution in [1.82, 2.24) is 10.6 Å². The Morgan fingerprint density at radius 3 is 2.45 bits per heavy atom. The van der Waals surface area contributed by atoms with Gasteiger partial charge in [0.1, 0.15) is 0 Å². The van der Waals surface area contributed by atoms with Crippen molar-refractivity contribution in [2.24, 2.45) is 5.92 Å². The molecule has 0 heterocycles. The molecule has 20 heavy (non-hydrogen) atoms. The van der Waals surface area contributed by atoms with Crippen molar-refractivity contribution in [1.29, 1.82) is 0 Å². The SMILES string of the molecule is CCOC(=O)CCCNCC(=O)NC(C)CCC(C)C. The zero-order valence-corrected chi connectivity index (χ0v) is 13.3. The minimum atomic E-state index is -0.180. The fourth-order valence-corrected chi connectivity index (χ4v) is 1.77. The number of nitrogens with one attached hydrogen (secondary N) is 2. The Labute approximate surface area is 122 Å². The van der Waals surface area contributed by atoms with Gasteiger partial charge in [0, 0.05) is 12.5 Å². The van der Waals surface area contributed by atoms with Crippen molar-refractivity contribution >= 4 is 11.9 Å². The summed E-state index contributed by atoms with van der Waals surface area (Å²) in [6.45, 7) is 9.55. The first kappa shape index (κ1) is 18.9. The van der Waals surface area contributed by atoms with E-state index in [1.807, 2.05) is 6.92 Å². The maximum Gasteiger partial charge on any atom is 0.305 e. The molecule has 0 aliphatic carbocycles. The Balaban J connectivity index is 3.51. The van der Waals surface area contributed by atoms with Crippen LogP contribution in [0.15, 0.2) is 0 Å². The monoisotopic (exact) mass is 286 g/mol. The number of rotatable bonds is 11. The third-order valence-electron chi connectivity index (χ3n) is 2.91. The number of hydrogen-bond donors (Lipinski definition) is 2. The zero-order valence-electron chi connectivity index (χ0n) is 13.3. The first-order chi connectivity index (χ1) is 9.45. The molecule has 0 bridgehead atoms. The molecule has 0 aromatic heterocycles. The van der Waals surface area contributed by atoms with Crippen LogP contribution in [-0.2, 0) is 14.3 Å². The third kappa shape index (κ3) is 12.0. The van der Waals surface area contributed by atoms with Crippen LogP contribution < -0.4 is 10.6 Å². The minimum absolute atomic E-state index is 0.0115. The molecule has 5 nitrogen and oxygen atoms in total. The van der Waals surface area contributed by atoms with Crippen molar-refractivity contribution in [2.45, 2.75) is 59.4 Å². The van der Waals surface area contributed by atoms with Crippen LogP contribution >= 0.6 is 0 Å². The van der Waals surface area contributed by atoms with Crippen molar-refractivity contribution < 1.29 is 14.3 Å². The first-order valence-electron chi connectivity index (χ1n) is 7.61. The minimum Gasteiger partial charge on any atom is -0.466 e. The van der Waals surface area contributed by atoms with Gasteiger partial charge in [-0.2, -0.15) is 0 Å². The van der Waals surface area contributed by atoms with E-state index in [9.17, 15) is 9.59 Å². The molecule has 0 aliphatic rings. The molecule has 0 saturated heterocycles. The summed E-state index contributed by atoms with van der Waals surface area (Å²) < 4.78 is 4.82. The topological polar surface area (TPSA) is 67.4 Å². The second kappa shape index (κ2) is 11.7. The van der Waals surface area contributed by atoms with E-state index in [2.05, 4.69) is 24.5 Å². The fraction of sp³-hybridized carbons (Fsp3) is 0.867. The van der Waals surface area contributed by atoms with Gasteiger partial charge in [-0.15, -0.1) is 0 Å². The van der Waals surface area contributed by atoms with E-state index in [-0.39, 0.29) is 17.9 Å². The average Bonchev–Trinajstić information content (AvgIpc) is 2.36. The van der Waals surface area contributed by atoms with Crippen LogP contribution in [0.5, 0.6) is 0 Å². The highest BCUT2D eigenvalue weighted by molar-refractivity contribution is 5.78. The average molecular weight is 286 g/mol. The zero-order chi connectivity index (χ0) is 15.4. The van der Waals surface area contributed by atoms with E-state index < -0.39 is 0 Å². The Kier molecular flexibility index (Phi) is 11.1. The molecule has 1 amide bonds. The van der Waals surface area contributed by atoms with E-state index in [1.54, 1.807) is 6.92 Å². The lowest BCUT2D eigenvalue weighted by Gasteiger charge is -2.15. The smallest absolute Gasteiger partial charge is 0.305 e. The lowest BCUT2D eigenvalue weighted by Crippen LogP contribution is -2.39. The molecule has 0 aromatic carbocycles. The quantitative estimate of drug-likeness (QED) is 0.449. The first-order valence-corrected chi connectivity index (χ1v) is 7.61. The molecule has 5 heteroatoms. The predicted molar refractivity (Wildman–Crippen MR) is 80.4 cm³/mol. The Hall–Kier alpha value is -1.10. The van der Waals surface area contributed by atoms with Gasteiger partial charge in [0.05, 0.1) is 13.2 Å². The summed E-state index contributed by atoms with van der Waals surface area (Å²) in [4.78, 5) is 22.7. The van der Waals surface area contributed by atoms with Gasteiger partial charge in [-0.3, -0.25) is 9.59 Å². The molecule has 0 aliphatic heterocycles. The van der Waals surface area contributed by atoms with Crippen LogP contribution in [-0.4, -0.2) is 37.6 Å². The molecule has 0 fully saturated rings. The highest BCUT2D eigenvalue weighted by Gasteiger charge is 2.08. The predicted octanol–water partition coefficient (Wildman–Crippen LogP) is 1.86. The van der Waals surface area contributed by atoms with Gasteiger partial charge in [0.25, 0.3) is 0 Å². The van der Waals surface area contributed by atoms with E-state index in [0.717, 1.165) is 12.8 Å². The second-order valence-electron chi connectivity index (χ2n) is 5.53. The summed E-state index contributed by atoms with van der Waals surface area (Å²) in [7, 11) is 0. The Morgan fingerprint density at radius 2 is 1.85 bits per heavy atom. The molecular formula is C15H30N2O3. The van der Waals surface area contributed by atoms with E-state index in [0.29, 0.717) is 38.5 Å². The summed E-state index contributed by atoms with van der Waals surface area (Å²) in [5.74, 6) is 0.494. The summed E-state index contributed by atoms with van der Waals surface area (Å²) in [6.07, 6.45) is 3.21. The van der Waals surface area contributed by atoms with Gasteiger partial charge in [0.2, 0.25) is 5.91 Å². The molecular weight excluding hydrogens is 256 g/mol. The number of carbonyl (C=O) groups excluding carboxylic acids is 2. The third-order valence-corrected chi connectivity index (χ3v) is 2.91. The van der Waals surface area contributed by atoms with Crippen LogP contribution in [0.2, 0.25) is 0 Å².